The number of carbonyl (C=O) groups is 2. The maximum Gasteiger partial charge on any atom is 0.341 e. The molecule has 0 radical (unpaired) electrons. The molecule has 0 unspecified atom stereocenters. The highest BCUT2D eigenvalue weighted by molar-refractivity contribution is 6.11. The Bertz CT molecular complexity index is 792. The van der Waals surface area contributed by atoms with E-state index >= 15 is 0 Å². The van der Waals surface area contributed by atoms with Gasteiger partial charge in [0.2, 0.25) is 0 Å². The molecule has 0 spiro atoms. The number of ketones is 1. The lowest BCUT2D eigenvalue weighted by atomic mass is 9.82. The third-order valence-electron chi connectivity index (χ3n) is 4.80. The number of hydrogen-bond acceptors (Lipinski definition) is 4. The summed E-state index contributed by atoms with van der Waals surface area (Å²) < 4.78 is 5.32. The van der Waals surface area contributed by atoms with Crippen LogP contribution in [0.3, 0.4) is 0 Å². The second kappa shape index (κ2) is 8.04. The van der Waals surface area contributed by atoms with Gasteiger partial charge in [-0.15, -0.1) is 0 Å². The van der Waals surface area contributed by atoms with Crippen molar-refractivity contribution in [2.75, 3.05) is 6.61 Å². The van der Waals surface area contributed by atoms with Crippen molar-refractivity contribution in [2.45, 2.75) is 38.0 Å². The van der Waals surface area contributed by atoms with E-state index in [2.05, 4.69) is 0 Å². The predicted octanol–water partition coefficient (Wildman–Crippen LogP) is 4.13. The standard InChI is InChI=1S/C21H22O5/c22-19(23)13-26-16-11-17(14-7-3-1-4-8-14)21(25)18(12-16)20(24)15-9-5-2-6-10-15/h2,5-6,9-12,14,25H,1,3-4,7-8,13H2,(H,22,23). The number of rotatable bonds is 6. The highest BCUT2D eigenvalue weighted by Gasteiger charge is 2.24. The third-order valence-corrected chi connectivity index (χ3v) is 4.80. The maximum atomic E-state index is 12.9. The fourth-order valence-corrected chi connectivity index (χ4v) is 3.50. The van der Waals surface area contributed by atoms with E-state index in [4.69, 9.17) is 9.84 Å². The number of aromatic hydroxyl groups is 1. The Labute approximate surface area is 152 Å². The predicted molar refractivity (Wildman–Crippen MR) is 96.9 cm³/mol. The number of carbonyl (C=O) groups excluding carboxylic acids is 1. The van der Waals surface area contributed by atoms with E-state index in [0.717, 1.165) is 25.7 Å². The van der Waals surface area contributed by atoms with Crippen molar-refractivity contribution in [1.29, 1.82) is 0 Å². The van der Waals surface area contributed by atoms with Gasteiger partial charge in [0.25, 0.3) is 0 Å². The van der Waals surface area contributed by atoms with Crippen molar-refractivity contribution in [3.63, 3.8) is 0 Å². The van der Waals surface area contributed by atoms with Crippen molar-refractivity contribution in [3.8, 4) is 11.5 Å². The first-order valence-corrected chi connectivity index (χ1v) is 8.87. The normalized spacial score (nSPS) is 14.8. The second-order valence-electron chi connectivity index (χ2n) is 6.62. The van der Waals surface area contributed by atoms with E-state index in [-0.39, 0.29) is 23.0 Å². The summed E-state index contributed by atoms with van der Waals surface area (Å²) in [6.07, 6.45) is 5.20. The summed E-state index contributed by atoms with van der Waals surface area (Å²) in [5.41, 5.74) is 1.29. The molecule has 1 saturated carbocycles. The van der Waals surface area contributed by atoms with Crippen LogP contribution in [0.1, 0.15) is 59.5 Å². The maximum absolute atomic E-state index is 12.9. The van der Waals surface area contributed by atoms with Crippen LogP contribution >= 0.6 is 0 Å². The molecule has 2 aromatic carbocycles. The van der Waals surface area contributed by atoms with Crippen LogP contribution in [0.4, 0.5) is 0 Å². The van der Waals surface area contributed by atoms with E-state index < -0.39 is 12.6 Å². The molecule has 1 aliphatic carbocycles. The fourth-order valence-electron chi connectivity index (χ4n) is 3.50. The minimum Gasteiger partial charge on any atom is -0.507 e. The lowest BCUT2D eigenvalue weighted by Crippen LogP contribution is -2.12. The SMILES string of the molecule is O=C(O)COc1cc(C(=O)c2ccccc2)c(O)c(C2CCCCC2)c1. The first kappa shape index (κ1) is 18.0. The van der Waals surface area contributed by atoms with E-state index in [9.17, 15) is 14.7 Å². The quantitative estimate of drug-likeness (QED) is 0.762. The Morgan fingerprint density at radius 1 is 1.04 bits per heavy atom. The molecule has 3 rings (SSSR count). The molecule has 1 aliphatic rings. The van der Waals surface area contributed by atoms with Gasteiger partial charge in [-0.1, -0.05) is 49.6 Å². The Kier molecular flexibility index (Phi) is 5.56. The van der Waals surface area contributed by atoms with Crippen molar-refractivity contribution in [2.24, 2.45) is 0 Å². The molecule has 0 aliphatic heterocycles. The second-order valence-corrected chi connectivity index (χ2v) is 6.62. The molecule has 1 fully saturated rings. The summed E-state index contributed by atoms with van der Waals surface area (Å²) in [4.78, 5) is 23.7. The topological polar surface area (TPSA) is 83.8 Å². The number of hydrogen-bond donors (Lipinski definition) is 2. The van der Waals surface area contributed by atoms with Crippen LogP contribution < -0.4 is 4.74 Å². The van der Waals surface area contributed by atoms with Crippen LogP contribution in [-0.2, 0) is 4.79 Å². The number of carboxylic acid groups (broad SMARTS) is 1. The highest BCUT2D eigenvalue weighted by Crippen LogP contribution is 2.41. The summed E-state index contributed by atoms with van der Waals surface area (Å²) in [5, 5.41) is 19.6. The summed E-state index contributed by atoms with van der Waals surface area (Å²) in [6.45, 7) is -0.492. The first-order valence-electron chi connectivity index (χ1n) is 8.87. The Hall–Kier alpha value is -2.82. The monoisotopic (exact) mass is 354 g/mol. The molecule has 0 heterocycles. The number of ether oxygens (including phenoxy) is 1. The van der Waals surface area contributed by atoms with Gasteiger partial charge in [0.05, 0.1) is 5.56 Å². The number of phenols is 1. The van der Waals surface area contributed by atoms with Crippen molar-refractivity contribution in [1.82, 2.24) is 0 Å². The van der Waals surface area contributed by atoms with Crippen LogP contribution in [0.25, 0.3) is 0 Å². The smallest absolute Gasteiger partial charge is 0.341 e. The average molecular weight is 354 g/mol. The van der Waals surface area contributed by atoms with Crippen molar-refractivity contribution >= 4 is 11.8 Å². The van der Waals surface area contributed by atoms with Gasteiger partial charge in [0.15, 0.2) is 12.4 Å². The zero-order valence-electron chi connectivity index (χ0n) is 14.5. The molecule has 2 aromatic rings. The molecule has 0 bridgehead atoms. The number of aliphatic carboxylic acids is 1. The third kappa shape index (κ3) is 4.04. The van der Waals surface area contributed by atoms with Crippen LogP contribution in [0.5, 0.6) is 11.5 Å². The zero-order chi connectivity index (χ0) is 18.5. The van der Waals surface area contributed by atoms with E-state index in [1.165, 1.54) is 12.5 Å². The summed E-state index contributed by atoms with van der Waals surface area (Å²) in [7, 11) is 0. The van der Waals surface area contributed by atoms with E-state index in [1.54, 1.807) is 30.3 Å². The molecule has 5 heteroatoms. The first-order chi connectivity index (χ1) is 12.6. The summed E-state index contributed by atoms with van der Waals surface area (Å²) >= 11 is 0. The Balaban J connectivity index is 2.02. The van der Waals surface area contributed by atoms with Gasteiger partial charge in [-0.2, -0.15) is 0 Å². The molecule has 0 atom stereocenters. The van der Waals surface area contributed by atoms with Gasteiger partial charge in [0, 0.05) is 11.1 Å². The number of carboxylic acids is 1. The number of benzene rings is 2. The summed E-state index contributed by atoms with van der Waals surface area (Å²) in [6, 6.07) is 11.8. The molecule has 5 nitrogen and oxygen atoms in total. The van der Waals surface area contributed by atoms with Crippen LogP contribution in [0.15, 0.2) is 42.5 Å². The Morgan fingerprint density at radius 3 is 2.38 bits per heavy atom. The molecular weight excluding hydrogens is 332 g/mol. The lowest BCUT2D eigenvalue weighted by Gasteiger charge is -2.24. The zero-order valence-corrected chi connectivity index (χ0v) is 14.5. The van der Waals surface area contributed by atoms with Gasteiger partial charge in [-0.3, -0.25) is 4.79 Å². The minimum absolute atomic E-state index is 0.0200. The van der Waals surface area contributed by atoms with Gasteiger partial charge in [-0.05, 0) is 30.9 Å². The average Bonchev–Trinajstić information content (AvgIpc) is 2.68. The van der Waals surface area contributed by atoms with E-state index in [1.807, 2.05) is 6.07 Å². The van der Waals surface area contributed by atoms with Crippen LogP contribution in [0.2, 0.25) is 0 Å². The molecule has 26 heavy (non-hydrogen) atoms. The fraction of sp³-hybridized carbons (Fsp3) is 0.333. The van der Waals surface area contributed by atoms with Crippen LogP contribution in [0, 0.1) is 0 Å². The molecule has 0 amide bonds. The van der Waals surface area contributed by atoms with Gasteiger partial charge in [0.1, 0.15) is 11.5 Å². The lowest BCUT2D eigenvalue weighted by molar-refractivity contribution is -0.139. The summed E-state index contributed by atoms with van der Waals surface area (Å²) in [5.74, 6) is -0.966. The Morgan fingerprint density at radius 2 is 1.73 bits per heavy atom. The molecular formula is C21H22O5. The van der Waals surface area contributed by atoms with Crippen molar-refractivity contribution in [3.05, 3.63) is 59.2 Å². The van der Waals surface area contributed by atoms with Crippen LogP contribution in [-0.4, -0.2) is 28.6 Å². The van der Waals surface area contributed by atoms with Crippen molar-refractivity contribution < 1.29 is 24.5 Å². The minimum atomic E-state index is -1.09. The van der Waals surface area contributed by atoms with Gasteiger partial charge >= 0.3 is 5.97 Å². The molecule has 0 saturated heterocycles. The molecule has 0 aromatic heterocycles. The van der Waals surface area contributed by atoms with Gasteiger partial charge in [-0.25, -0.2) is 4.79 Å². The highest BCUT2D eigenvalue weighted by atomic mass is 16.5. The van der Waals surface area contributed by atoms with E-state index in [0.29, 0.717) is 16.9 Å². The number of phenolic OH excluding ortho intramolecular Hbond substituents is 1. The molecule has 136 valence electrons. The largest absolute Gasteiger partial charge is 0.507 e. The van der Waals surface area contributed by atoms with Gasteiger partial charge < -0.3 is 14.9 Å². The molecule has 2 N–H and O–H groups in total.